The summed E-state index contributed by atoms with van der Waals surface area (Å²) in [6, 6.07) is 21.1. The van der Waals surface area contributed by atoms with E-state index in [1.807, 2.05) is 60.4 Å². The summed E-state index contributed by atoms with van der Waals surface area (Å²) in [5.41, 5.74) is 3.01. The minimum Gasteiger partial charge on any atom is -0.459 e. The van der Waals surface area contributed by atoms with E-state index in [0.29, 0.717) is 33.2 Å². The van der Waals surface area contributed by atoms with Crippen LogP contribution in [0.1, 0.15) is 35.5 Å². The number of carbonyl (C=O) groups excluding carboxylic acids is 1. The number of thiocarbonyl (C=S) groups is 1. The molecule has 0 aliphatic carbocycles. The van der Waals surface area contributed by atoms with Gasteiger partial charge in [0.2, 0.25) is 5.91 Å². The lowest BCUT2D eigenvalue weighted by Crippen LogP contribution is -2.32. The van der Waals surface area contributed by atoms with Crippen molar-refractivity contribution in [3.05, 3.63) is 106 Å². The fraction of sp³-hybridized carbons (Fsp3) is 0.179. The second-order valence-electron chi connectivity index (χ2n) is 8.81. The highest BCUT2D eigenvalue weighted by atomic mass is 79.9. The summed E-state index contributed by atoms with van der Waals surface area (Å²) < 4.78 is 21.5. The molecule has 1 aliphatic rings. The van der Waals surface area contributed by atoms with Gasteiger partial charge in [-0.2, -0.15) is 0 Å². The minimum atomic E-state index is -0.388. The number of amides is 1. The molecule has 0 unspecified atom stereocenters. The third-order valence-corrected chi connectivity index (χ3v) is 7.07. The lowest BCUT2D eigenvalue weighted by atomic mass is 10.0. The largest absolute Gasteiger partial charge is 0.459 e. The van der Waals surface area contributed by atoms with Gasteiger partial charge in [-0.05, 0) is 73.7 Å². The van der Waals surface area contributed by atoms with Crippen molar-refractivity contribution in [1.29, 1.82) is 0 Å². The molecule has 1 amide bonds. The van der Waals surface area contributed by atoms with Crippen LogP contribution >= 0.6 is 28.1 Å². The second-order valence-corrected chi connectivity index (χ2v) is 10.1. The van der Waals surface area contributed by atoms with Gasteiger partial charge in [0.25, 0.3) is 0 Å². The fourth-order valence-corrected chi connectivity index (χ4v) is 5.05. The van der Waals surface area contributed by atoms with Gasteiger partial charge in [-0.15, -0.1) is 0 Å². The smallest absolute Gasteiger partial charge is 0.226 e. The van der Waals surface area contributed by atoms with E-state index in [1.54, 1.807) is 24.4 Å². The number of anilines is 1. The van der Waals surface area contributed by atoms with Gasteiger partial charge in [0.1, 0.15) is 23.4 Å². The van der Waals surface area contributed by atoms with Crippen molar-refractivity contribution >= 4 is 44.9 Å². The van der Waals surface area contributed by atoms with E-state index in [0.717, 1.165) is 16.9 Å². The Morgan fingerprint density at radius 1 is 1.16 bits per heavy atom. The van der Waals surface area contributed by atoms with Crippen LogP contribution in [-0.4, -0.2) is 27.4 Å². The molecular formula is C28H24BrFN4O2S. The summed E-state index contributed by atoms with van der Waals surface area (Å²) in [6.07, 6.45) is 1.94. The highest BCUT2D eigenvalue weighted by molar-refractivity contribution is 9.10. The van der Waals surface area contributed by atoms with Gasteiger partial charge in [0, 0.05) is 29.3 Å². The monoisotopic (exact) mass is 578 g/mol. The van der Waals surface area contributed by atoms with E-state index in [9.17, 15) is 9.18 Å². The Morgan fingerprint density at radius 2 is 1.97 bits per heavy atom. The standard InChI is InChI=1S/C28H24BrFN4O2S/c1-17-5-8-19(9-6-17)32-25(35)13-15-34-27(26(33-28(34)37)22-4-2-3-14-31-22)24-12-11-23(36-24)20-10-7-18(29)16-21(20)30/h2-12,14,16,26-27H,13,15H2,1H3,(H,32,35)(H,33,37)/t26-,27+/m0/s1. The molecule has 1 fully saturated rings. The van der Waals surface area contributed by atoms with Gasteiger partial charge in [0.05, 0.1) is 17.3 Å². The summed E-state index contributed by atoms with van der Waals surface area (Å²) in [5.74, 6) is 0.499. The number of nitrogens with zero attached hydrogens (tertiary/aromatic N) is 2. The predicted molar refractivity (Wildman–Crippen MR) is 148 cm³/mol. The molecule has 6 nitrogen and oxygen atoms in total. The highest BCUT2D eigenvalue weighted by Gasteiger charge is 2.41. The van der Waals surface area contributed by atoms with Crippen molar-refractivity contribution in [1.82, 2.24) is 15.2 Å². The van der Waals surface area contributed by atoms with Crippen LogP contribution in [0.2, 0.25) is 0 Å². The topological polar surface area (TPSA) is 70.4 Å². The number of furan rings is 1. The number of carbonyl (C=O) groups is 1. The second kappa shape index (κ2) is 10.8. The van der Waals surface area contributed by atoms with Gasteiger partial charge in [-0.1, -0.05) is 39.7 Å². The van der Waals surface area contributed by atoms with E-state index in [1.165, 1.54) is 6.07 Å². The van der Waals surface area contributed by atoms with Crippen LogP contribution in [-0.2, 0) is 4.79 Å². The summed E-state index contributed by atoms with van der Waals surface area (Å²) >= 11 is 8.96. The van der Waals surface area contributed by atoms with E-state index in [-0.39, 0.29) is 30.2 Å². The average Bonchev–Trinajstić information content (AvgIpc) is 3.49. The number of rotatable bonds is 7. The van der Waals surface area contributed by atoms with Crippen LogP contribution < -0.4 is 10.6 Å². The Hall–Kier alpha value is -3.56. The zero-order chi connectivity index (χ0) is 25.9. The van der Waals surface area contributed by atoms with Crippen LogP contribution in [0.25, 0.3) is 11.3 Å². The van der Waals surface area contributed by atoms with Crippen LogP contribution in [0.15, 0.2) is 87.9 Å². The molecule has 5 rings (SSSR count). The van der Waals surface area contributed by atoms with Crippen molar-refractivity contribution in [2.75, 3.05) is 11.9 Å². The van der Waals surface area contributed by atoms with Crippen LogP contribution in [0, 0.1) is 12.7 Å². The SMILES string of the molecule is Cc1ccc(NC(=O)CCN2C(=S)N[C@@H](c3ccccn3)[C@H]2c2ccc(-c3ccc(Br)cc3F)o2)cc1. The Morgan fingerprint density at radius 3 is 2.70 bits per heavy atom. The molecule has 0 spiro atoms. The number of pyridine rings is 1. The van der Waals surface area contributed by atoms with Crippen molar-refractivity contribution < 1.29 is 13.6 Å². The third kappa shape index (κ3) is 5.57. The van der Waals surface area contributed by atoms with Crippen LogP contribution in [0.5, 0.6) is 0 Å². The molecule has 4 aromatic rings. The molecule has 2 N–H and O–H groups in total. The molecule has 2 aromatic carbocycles. The first-order valence-electron chi connectivity index (χ1n) is 11.8. The predicted octanol–water partition coefficient (Wildman–Crippen LogP) is 6.55. The molecule has 0 radical (unpaired) electrons. The lowest BCUT2D eigenvalue weighted by Gasteiger charge is -2.25. The molecular weight excluding hydrogens is 555 g/mol. The molecule has 0 bridgehead atoms. The summed E-state index contributed by atoms with van der Waals surface area (Å²) in [7, 11) is 0. The molecule has 1 saturated heterocycles. The van der Waals surface area contributed by atoms with Crippen molar-refractivity contribution in [3.8, 4) is 11.3 Å². The Bertz CT molecular complexity index is 1430. The number of nitrogens with one attached hydrogen (secondary N) is 2. The Labute approximate surface area is 228 Å². The number of aromatic nitrogens is 1. The molecule has 1 aliphatic heterocycles. The fourth-order valence-electron chi connectivity index (χ4n) is 4.38. The molecule has 9 heteroatoms. The zero-order valence-corrected chi connectivity index (χ0v) is 22.4. The van der Waals surface area contributed by atoms with Gasteiger partial charge in [0.15, 0.2) is 5.11 Å². The number of hydrogen-bond acceptors (Lipinski definition) is 4. The average molecular weight is 579 g/mol. The van der Waals surface area contributed by atoms with Crippen molar-refractivity contribution in [2.45, 2.75) is 25.4 Å². The van der Waals surface area contributed by atoms with Crippen molar-refractivity contribution in [2.24, 2.45) is 0 Å². The Kier molecular flexibility index (Phi) is 7.34. The first kappa shape index (κ1) is 25.1. The van der Waals surface area contributed by atoms with E-state index in [2.05, 4.69) is 31.5 Å². The number of hydrogen-bond donors (Lipinski definition) is 2. The molecule has 3 heterocycles. The molecule has 2 aromatic heterocycles. The zero-order valence-electron chi connectivity index (χ0n) is 19.9. The van der Waals surface area contributed by atoms with E-state index in [4.69, 9.17) is 16.6 Å². The molecule has 2 atom stereocenters. The molecule has 0 saturated carbocycles. The maximum absolute atomic E-state index is 14.6. The number of halogens is 2. The maximum Gasteiger partial charge on any atom is 0.226 e. The summed E-state index contributed by atoms with van der Waals surface area (Å²) in [4.78, 5) is 19.2. The number of aryl methyl sites for hydroxylation is 1. The summed E-state index contributed by atoms with van der Waals surface area (Å²) in [5, 5.41) is 6.77. The van der Waals surface area contributed by atoms with Gasteiger partial charge in [-0.25, -0.2) is 4.39 Å². The first-order chi connectivity index (χ1) is 17.9. The van der Waals surface area contributed by atoms with Gasteiger partial charge in [-0.3, -0.25) is 9.78 Å². The van der Waals surface area contributed by atoms with Gasteiger partial charge < -0.3 is 20.0 Å². The third-order valence-electron chi connectivity index (χ3n) is 6.23. The van der Waals surface area contributed by atoms with Crippen LogP contribution in [0.4, 0.5) is 10.1 Å². The van der Waals surface area contributed by atoms with Crippen molar-refractivity contribution in [3.63, 3.8) is 0 Å². The highest BCUT2D eigenvalue weighted by Crippen LogP contribution is 2.41. The summed E-state index contributed by atoms with van der Waals surface area (Å²) in [6.45, 7) is 2.36. The maximum atomic E-state index is 14.6. The minimum absolute atomic E-state index is 0.122. The Balaban J connectivity index is 1.40. The molecule has 37 heavy (non-hydrogen) atoms. The van der Waals surface area contributed by atoms with Crippen LogP contribution in [0.3, 0.4) is 0 Å². The van der Waals surface area contributed by atoms with E-state index >= 15 is 0 Å². The molecule has 188 valence electrons. The normalized spacial score (nSPS) is 17.1. The van der Waals surface area contributed by atoms with Gasteiger partial charge >= 0.3 is 0 Å². The van der Waals surface area contributed by atoms with E-state index < -0.39 is 0 Å². The quantitative estimate of drug-likeness (QED) is 0.242. The lowest BCUT2D eigenvalue weighted by molar-refractivity contribution is -0.116. The first-order valence-corrected chi connectivity index (χ1v) is 13.0. The number of benzene rings is 2.